The van der Waals surface area contributed by atoms with Gasteiger partial charge in [-0.15, -0.1) is 0 Å². The molecule has 0 radical (unpaired) electrons. The van der Waals surface area contributed by atoms with E-state index < -0.39 is 0 Å². The standard InChI is InChI=1S/C25H38O3/c1-23-9-6-7-17(23)22-18(8-12-23)24(2)15-21(27)19(13-16(24)14-20(22)26)25(28-3)10-4-5-11-25/h14,17-19,21-22,27H,4-13,15H2,1-3H3/t17-,18+,19?,21?,22-,23-,24-/m0/s1. The van der Waals surface area contributed by atoms with E-state index in [9.17, 15) is 9.90 Å². The molecule has 5 aliphatic rings. The van der Waals surface area contributed by atoms with Gasteiger partial charge in [0.2, 0.25) is 0 Å². The van der Waals surface area contributed by atoms with E-state index in [4.69, 9.17) is 4.74 Å². The molecule has 0 aliphatic heterocycles. The summed E-state index contributed by atoms with van der Waals surface area (Å²) in [5.41, 5.74) is 1.52. The van der Waals surface area contributed by atoms with Crippen LogP contribution >= 0.6 is 0 Å². The first-order valence-electron chi connectivity index (χ1n) is 11.8. The minimum absolute atomic E-state index is 0.00799. The monoisotopic (exact) mass is 386 g/mol. The van der Waals surface area contributed by atoms with Gasteiger partial charge in [0.25, 0.3) is 0 Å². The van der Waals surface area contributed by atoms with Gasteiger partial charge < -0.3 is 9.84 Å². The predicted octanol–water partition coefficient (Wildman–Crippen LogP) is 5.06. The Labute approximate surface area is 170 Å². The van der Waals surface area contributed by atoms with Crippen LogP contribution in [0.5, 0.6) is 0 Å². The van der Waals surface area contributed by atoms with Gasteiger partial charge in [-0.3, -0.25) is 4.79 Å². The summed E-state index contributed by atoms with van der Waals surface area (Å²) in [5.74, 6) is 1.73. The molecule has 0 spiro atoms. The fourth-order valence-corrected chi connectivity index (χ4v) is 8.67. The summed E-state index contributed by atoms with van der Waals surface area (Å²) >= 11 is 0. The van der Waals surface area contributed by atoms with Crippen LogP contribution < -0.4 is 0 Å². The largest absolute Gasteiger partial charge is 0.393 e. The third kappa shape index (κ3) is 2.51. The number of ether oxygens (including phenoxy) is 1. The van der Waals surface area contributed by atoms with E-state index in [1.54, 1.807) is 0 Å². The minimum Gasteiger partial charge on any atom is -0.393 e. The summed E-state index contributed by atoms with van der Waals surface area (Å²) in [6, 6.07) is 0. The Morgan fingerprint density at radius 1 is 1.00 bits per heavy atom. The molecular weight excluding hydrogens is 348 g/mol. The van der Waals surface area contributed by atoms with Crippen molar-refractivity contribution in [2.45, 2.75) is 96.2 Å². The molecule has 7 atom stereocenters. The second-order valence-corrected chi connectivity index (χ2v) is 11.4. The highest BCUT2D eigenvalue weighted by Crippen LogP contribution is 2.65. The van der Waals surface area contributed by atoms with Crippen molar-refractivity contribution in [3.05, 3.63) is 11.6 Å². The lowest BCUT2D eigenvalue weighted by Gasteiger charge is -2.58. The molecule has 0 bridgehead atoms. The van der Waals surface area contributed by atoms with Gasteiger partial charge in [-0.1, -0.05) is 38.7 Å². The molecule has 3 nitrogen and oxygen atoms in total. The third-order valence-corrected chi connectivity index (χ3v) is 10.3. The van der Waals surface area contributed by atoms with E-state index in [1.165, 1.54) is 44.1 Å². The van der Waals surface area contributed by atoms with Crippen LogP contribution in [0.2, 0.25) is 0 Å². The first kappa shape index (κ1) is 19.3. The number of hydrogen-bond acceptors (Lipinski definition) is 3. The second kappa shape index (κ2) is 6.41. The van der Waals surface area contributed by atoms with E-state index >= 15 is 0 Å². The Hall–Kier alpha value is -0.670. The molecule has 2 unspecified atom stereocenters. The third-order valence-electron chi connectivity index (χ3n) is 10.3. The van der Waals surface area contributed by atoms with Gasteiger partial charge in [-0.25, -0.2) is 0 Å². The minimum atomic E-state index is -0.314. The van der Waals surface area contributed by atoms with Crippen molar-refractivity contribution in [1.82, 2.24) is 0 Å². The molecule has 4 saturated carbocycles. The van der Waals surface area contributed by atoms with Crippen LogP contribution in [-0.2, 0) is 9.53 Å². The number of hydrogen-bond donors (Lipinski definition) is 1. The smallest absolute Gasteiger partial charge is 0.159 e. The Bertz CT molecular complexity index is 690. The van der Waals surface area contributed by atoms with Gasteiger partial charge in [-0.05, 0) is 80.1 Å². The van der Waals surface area contributed by atoms with Crippen LogP contribution in [0.1, 0.15) is 84.5 Å². The molecule has 1 N–H and O–H groups in total. The average molecular weight is 387 g/mol. The molecule has 0 aromatic heterocycles. The molecular formula is C25H38O3. The summed E-state index contributed by atoms with van der Waals surface area (Å²) in [7, 11) is 1.82. The van der Waals surface area contributed by atoms with E-state index in [-0.39, 0.29) is 29.0 Å². The molecule has 5 rings (SSSR count). The zero-order chi connectivity index (χ0) is 19.7. The molecule has 0 amide bonds. The molecule has 0 aromatic carbocycles. The highest BCUT2D eigenvalue weighted by molar-refractivity contribution is 5.94. The van der Waals surface area contributed by atoms with Crippen molar-refractivity contribution in [3.63, 3.8) is 0 Å². The molecule has 0 aromatic rings. The van der Waals surface area contributed by atoms with Gasteiger partial charge >= 0.3 is 0 Å². The molecule has 4 fully saturated rings. The summed E-state index contributed by atoms with van der Waals surface area (Å²) in [6.07, 6.45) is 14.1. The molecule has 0 saturated heterocycles. The van der Waals surface area contributed by atoms with Crippen molar-refractivity contribution in [2.24, 2.45) is 34.5 Å². The number of rotatable bonds is 2. The number of ketones is 1. The van der Waals surface area contributed by atoms with Crippen molar-refractivity contribution in [3.8, 4) is 0 Å². The number of carbonyl (C=O) groups is 1. The Balaban J connectivity index is 1.50. The van der Waals surface area contributed by atoms with Crippen LogP contribution in [-0.4, -0.2) is 29.7 Å². The topological polar surface area (TPSA) is 46.5 Å². The number of methoxy groups -OCH3 is 1. The van der Waals surface area contributed by atoms with Crippen LogP contribution in [0.4, 0.5) is 0 Å². The quantitative estimate of drug-likeness (QED) is 0.721. The van der Waals surface area contributed by atoms with Gasteiger partial charge in [0.15, 0.2) is 5.78 Å². The van der Waals surface area contributed by atoms with Crippen molar-refractivity contribution in [2.75, 3.05) is 7.11 Å². The number of carbonyl (C=O) groups excluding carboxylic acids is 1. The molecule has 5 aliphatic carbocycles. The van der Waals surface area contributed by atoms with Crippen molar-refractivity contribution in [1.29, 1.82) is 0 Å². The van der Waals surface area contributed by atoms with Crippen LogP contribution in [0, 0.1) is 34.5 Å². The van der Waals surface area contributed by atoms with Crippen LogP contribution in [0.15, 0.2) is 11.6 Å². The number of aliphatic hydroxyl groups excluding tert-OH is 1. The SMILES string of the molecule is COC1(C2CC3=CC(=O)[C@@H]4[C@@H](CC[C@]5(C)CCC[C@@H]45)[C@@]3(C)CC2O)CCCC1. The van der Waals surface area contributed by atoms with E-state index in [0.717, 1.165) is 32.1 Å². The molecule has 28 heavy (non-hydrogen) atoms. The van der Waals surface area contributed by atoms with Gasteiger partial charge in [0.05, 0.1) is 11.7 Å². The Kier molecular flexibility index (Phi) is 4.42. The number of aliphatic hydroxyl groups is 1. The molecule has 0 heterocycles. The first-order valence-corrected chi connectivity index (χ1v) is 11.8. The highest BCUT2D eigenvalue weighted by Gasteiger charge is 2.61. The Morgan fingerprint density at radius 2 is 1.75 bits per heavy atom. The second-order valence-electron chi connectivity index (χ2n) is 11.4. The Morgan fingerprint density at radius 3 is 2.46 bits per heavy atom. The lowest BCUT2D eigenvalue weighted by Crippen LogP contribution is -2.56. The van der Waals surface area contributed by atoms with Crippen LogP contribution in [0.25, 0.3) is 0 Å². The van der Waals surface area contributed by atoms with Crippen molar-refractivity contribution < 1.29 is 14.6 Å². The van der Waals surface area contributed by atoms with Gasteiger partial charge in [0.1, 0.15) is 0 Å². The zero-order valence-corrected chi connectivity index (χ0v) is 18.0. The fraction of sp³-hybridized carbons (Fsp3) is 0.880. The predicted molar refractivity (Wildman–Crippen MR) is 110 cm³/mol. The van der Waals surface area contributed by atoms with Gasteiger partial charge in [-0.2, -0.15) is 0 Å². The zero-order valence-electron chi connectivity index (χ0n) is 18.0. The first-order chi connectivity index (χ1) is 13.3. The summed E-state index contributed by atoms with van der Waals surface area (Å²) in [4.78, 5) is 13.4. The highest BCUT2D eigenvalue weighted by atomic mass is 16.5. The lowest BCUT2D eigenvalue weighted by molar-refractivity contribution is -0.144. The molecule has 156 valence electrons. The number of allylic oxidation sites excluding steroid dienone is 2. The summed E-state index contributed by atoms with van der Waals surface area (Å²) < 4.78 is 6.05. The van der Waals surface area contributed by atoms with Gasteiger partial charge in [0, 0.05) is 18.9 Å². The van der Waals surface area contributed by atoms with E-state index in [1.807, 2.05) is 13.2 Å². The maximum absolute atomic E-state index is 13.4. The summed E-state index contributed by atoms with van der Waals surface area (Å²) in [5, 5.41) is 11.3. The van der Waals surface area contributed by atoms with E-state index in [2.05, 4.69) is 13.8 Å². The maximum atomic E-state index is 13.4. The average Bonchev–Trinajstić information content (AvgIpc) is 3.29. The van der Waals surface area contributed by atoms with Crippen LogP contribution in [0.3, 0.4) is 0 Å². The maximum Gasteiger partial charge on any atom is 0.159 e. The normalized spacial score (nSPS) is 49.9. The summed E-state index contributed by atoms with van der Waals surface area (Å²) in [6.45, 7) is 4.80. The van der Waals surface area contributed by atoms with E-state index in [0.29, 0.717) is 23.0 Å². The number of fused-ring (bicyclic) bond motifs is 5. The lowest BCUT2D eigenvalue weighted by atomic mass is 9.46. The fourth-order valence-electron chi connectivity index (χ4n) is 8.67. The van der Waals surface area contributed by atoms with Crippen molar-refractivity contribution >= 4 is 5.78 Å². The molecule has 3 heteroatoms.